The molecule has 18 heavy (non-hydrogen) atoms. The minimum absolute atomic E-state index is 0.107. The molecule has 0 aliphatic heterocycles. The Morgan fingerprint density at radius 1 is 1.28 bits per heavy atom. The largest absolute Gasteiger partial charge is 0.370 e. The zero-order chi connectivity index (χ0) is 13.5. The van der Waals surface area contributed by atoms with Crippen molar-refractivity contribution >= 4 is 17.6 Å². The first-order valence-corrected chi connectivity index (χ1v) is 6.51. The molecule has 0 heterocycles. The third-order valence-electron chi connectivity index (χ3n) is 2.96. The van der Waals surface area contributed by atoms with Crippen LogP contribution >= 0.6 is 11.6 Å². The second kappa shape index (κ2) is 7.24. The maximum atomic E-state index is 6.25. The van der Waals surface area contributed by atoms with Crippen molar-refractivity contribution in [3.05, 3.63) is 34.9 Å². The second-order valence-electron chi connectivity index (χ2n) is 4.02. The van der Waals surface area contributed by atoms with E-state index in [4.69, 9.17) is 23.1 Å². The zero-order valence-corrected chi connectivity index (χ0v) is 11.7. The standard InChI is InChI=1S/C13H21ClN4/c1-3-18(4-2)12(9-17-13(15)16)10-7-5-6-8-11(10)14/h5-8,12H,3-4,9H2,1-2H3,(H4,15,16,17)/t12-/m0/s1. The number of nitrogens with two attached hydrogens (primary N) is 2. The number of halogens is 1. The fraction of sp³-hybridized carbons (Fsp3) is 0.462. The van der Waals surface area contributed by atoms with Crippen molar-refractivity contribution in [3.8, 4) is 0 Å². The van der Waals surface area contributed by atoms with Crippen LogP contribution in [-0.2, 0) is 0 Å². The predicted octanol–water partition coefficient (Wildman–Crippen LogP) is 2.00. The average molecular weight is 269 g/mol. The molecule has 0 aliphatic rings. The van der Waals surface area contributed by atoms with Crippen molar-refractivity contribution in [2.45, 2.75) is 19.9 Å². The van der Waals surface area contributed by atoms with Crippen molar-refractivity contribution in [1.29, 1.82) is 0 Å². The van der Waals surface area contributed by atoms with E-state index < -0.39 is 0 Å². The smallest absolute Gasteiger partial charge is 0.185 e. The highest BCUT2D eigenvalue weighted by Crippen LogP contribution is 2.27. The molecule has 0 saturated carbocycles. The van der Waals surface area contributed by atoms with Gasteiger partial charge in [-0.2, -0.15) is 0 Å². The number of likely N-dealkylation sites (N-methyl/N-ethyl adjacent to an activating group) is 1. The summed E-state index contributed by atoms with van der Waals surface area (Å²) >= 11 is 6.25. The van der Waals surface area contributed by atoms with E-state index in [-0.39, 0.29) is 12.0 Å². The molecule has 0 aliphatic carbocycles. The summed E-state index contributed by atoms with van der Waals surface area (Å²) in [5.41, 5.74) is 11.9. The Hall–Kier alpha value is -1.26. The van der Waals surface area contributed by atoms with Gasteiger partial charge in [0.15, 0.2) is 5.96 Å². The summed E-state index contributed by atoms with van der Waals surface area (Å²) in [6, 6.07) is 7.92. The molecule has 0 radical (unpaired) electrons. The molecule has 0 aromatic heterocycles. The maximum Gasteiger partial charge on any atom is 0.185 e. The monoisotopic (exact) mass is 268 g/mol. The molecule has 1 rings (SSSR count). The number of hydrogen-bond donors (Lipinski definition) is 2. The molecule has 5 heteroatoms. The topological polar surface area (TPSA) is 67.6 Å². The summed E-state index contributed by atoms with van der Waals surface area (Å²) in [7, 11) is 0. The van der Waals surface area contributed by atoms with Gasteiger partial charge in [0.2, 0.25) is 0 Å². The molecule has 0 bridgehead atoms. The summed E-state index contributed by atoms with van der Waals surface area (Å²) in [4.78, 5) is 6.42. The van der Waals surface area contributed by atoms with Gasteiger partial charge in [0.1, 0.15) is 0 Å². The van der Waals surface area contributed by atoms with Gasteiger partial charge in [-0.3, -0.25) is 9.89 Å². The molecular weight excluding hydrogens is 248 g/mol. The van der Waals surface area contributed by atoms with Crippen LogP contribution in [0.3, 0.4) is 0 Å². The van der Waals surface area contributed by atoms with Crippen LogP contribution in [0.2, 0.25) is 5.02 Å². The summed E-state index contributed by atoms with van der Waals surface area (Å²) in [5.74, 6) is 0.110. The fourth-order valence-electron chi connectivity index (χ4n) is 2.01. The van der Waals surface area contributed by atoms with Crippen LogP contribution in [-0.4, -0.2) is 30.5 Å². The summed E-state index contributed by atoms with van der Waals surface area (Å²) < 4.78 is 0. The molecule has 4 N–H and O–H groups in total. The van der Waals surface area contributed by atoms with E-state index in [1.54, 1.807) is 0 Å². The Morgan fingerprint density at radius 3 is 2.39 bits per heavy atom. The van der Waals surface area contributed by atoms with Gasteiger partial charge in [0, 0.05) is 5.02 Å². The lowest BCUT2D eigenvalue weighted by molar-refractivity contribution is 0.224. The lowest BCUT2D eigenvalue weighted by Gasteiger charge is -2.29. The SMILES string of the molecule is CCN(CC)[C@@H](CN=C(N)N)c1ccccc1Cl. The van der Waals surface area contributed by atoms with Crippen molar-refractivity contribution < 1.29 is 0 Å². The van der Waals surface area contributed by atoms with Crippen LogP contribution in [0.5, 0.6) is 0 Å². The first-order valence-electron chi connectivity index (χ1n) is 6.14. The normalized spacial score (nSPS) is 12.4. The molecule has 0 spiro atoms. The van der Waals surface area contributed by atoms with E-state index in [0.29, 0.717) is 6.54 Å². The van der Waals surface area contributed by atoms with Crippen LogP contribution in [0.15, 0.2) is 29.3 Å². The van der Waals surface area contributed by atoms with Gasteiger partial charge in [-0.15, -0.1) is 0 Å². The van der Waals surface area contributed by atoms with E-state index in [1.807, 2.05) is 24.3 Å². The average Bonchev–Trinajstić information content (AvgIpc) is 2.35. The highest BCUT2D eigenvalue weighted by atomic mass is 35.5. The highest BCUT2D eigenvalue weighted by Gasteiger charge is 2.19. The van der Waals surface area contributed by atoms with Gasteiger partial charge >= 0.3 is 0 Å². The van der Waals surface area contributed by atoms with Crippen molar-refractivity contribution in [2.75, 3.05) is 19.6 Å². The van der Waals surface area contributed by atoms with E-state index >= 15 is 0 Å². The predicted molar refractivity (Wildman–Crippen MR) is 77.8 cm³/mol. The Balaban J connectivity index is 3.03. The third-order valence-corrected chi connectivity index (χ3v) is 3.31. The van der Waals surface area contributed by atoms with Crippen molar-refractivity contribution in [1.82, 2.24) is 4.90 Å². The number of hydrogen-bond acceptors (Lipinski definition) is 2. The number of benzene rings is 1. The van der Waals surface area contributed by atoms with E-state index in [0.717, 1.165) is 23.7 Å². The van der Waals surface area contributed by atoms with Crippen molar-refractivity contribution in [2.24, 2.45) is 16.5 Å². The molecule has 1 atom stereocenters. The molecule has 0 unspecified atom stereocenters. The van der Waals surface area contributed by atoms with Crippen LogP contribution in [0.25, 0.3) is 0 Å². The first-order chi connectivity index (χ1) is 8.60. The molecule has 4 nitrogen and oxygen atoms in total. The van der Waals surface area contributed by atoms with E-state index in [2.05, 4.69) is 23.7 Å². The highest BCUT2D eigenvalue weighted by molar-refractivity contribution is 6.31. The molecular formula is C13H21ClN4. The summed E-state index contributed by atoms with van der Waals surface area (Å²) in [6.45, 7) is 6.60. The van der Waals surface area contributed by atoms with Gasteiger partial charge in [-0.1, -0.05) is 43.6 Å². The minimum atomic E-state index is 0.107. The minimum Gasteiger partial charge on any atom is -0.370 e. The van der Waals surface area contributed by atoms with Crippen LogP contribution < -0.4 is 11.5 Å². The van der Waals surface area contributed by atoms with Gasteiger partial charge in [0.25, 0.3) is 0 Å². The number of rotatable bonds is 6. The number of guanidine groups is 1. The van der Waals surface area contributed by atoms with Gasteiger partial charge in [0.05, 0.1) is 12.6 Å². The lowest BCUT2D eigenvalue weighted by atomic mass is 10.1. The molecule has 0 amide bonds. The molecule has 0 fully saturated rings. The van der Waals surface area contributed by atoms with Crippen LogP contribution in [0.4, 0.5) is 0 Å². The Kier molecular flexibility index (Phi) is 5.95. The second-order valence-corrected chi connectivity index (χ2v) is 4.43. The fourth-order valence-corrected chi connectivity index (χ4v) is 2.27. The van der Waals surface area contributed by atoms with Gasteiger partial charge in [-0.25, -0.2) is 0 Å². The first kappa shape index (κ1) is 14.8. The van der Waals surface area contributed by atoms with Gasteiger partial charge < -0.3 is 11.5 Å². The van der Waals surface area contributed by atoms with Crippen LogP contribution in [0, 0.1) is 0 Å². The molecule has 0 saturated heterocycles. The molecule has 100 valence electrons. The third kappa shape index (κ3) is 3.89. The van der Waals surface area contributed by atoms with Crippen LogP contribution in [0.1, 0.15) is 25.5 Å². The lowest BCUT2D eigenvalue weighted by Crippen LogP contribution is -2.32. The Bertz CT molecular complexity index is 398. The maximum absolute atomic E-state index is 6.25. The number of nitrogens with zero attached hydrogens (tertiary/aromatic N) is 2. The summed E-state index contributed by atoms with van der Waals surface area (Å²) in [6.07, 6.45) is 0. The number of aliphatic imine (C=N–C) groups is 1. The Labute approximate surface area is 114 Å². The molecule has 1 aromatic carbocycles. The molecule has 1 aromatic rings. The zero-order valence-electron chi connectivity index (χ0n) is 10.9. The quantitative estimate of drug-likeness (QED) is 0.612. The Morgan fingerprint density at radius 2 is 1.89 bits per heavy atom. The van der Waals surface area contributed by atoms with Crippen molar-refractivity contribution in [3.63, 3.8) is 0 Å². The van der Waals surface area contributed by atoms with E-state index in [1.165, 1.54) is 0 Å². The van der Waals surface area contributed by atoms with E-state index in [9.17, 15) is 0 Å². The van der Waals surface area contributed by atoms with Gasteiger partial charge in [-0.05, 0) is 24.7 Å². The summed E-state index contributed by atoms with van der Waals surface area (Å²) in [5, 5.41) is 0.750.